The van der Waals surface area contributed by atoms with Crippen LogP contribution in [0.4, 0.5) is 28.8 Å². The molecule has 3 N–H and O–H groups in total. The molecule has 3 amide bonds. The number of benzene rings is 2. The summed E-state index contributed by atoms with van der Waals surface area (Å²) in [5.74, 6) is 0.552. The maximum absolute atomic E-state index is 12.5. The number of carbonyl (C=O) groups is 3. The first-order valence-electron chi connectivity index (χ1n) is 15.2. The zero-order valence-electron chi connectivity index (χ0n) is 25.3. The van der Waals surface area contributed by atoms with E-state index in [4.69, 9.17) is 16.6 Å². The SMILES string of the molecule is C[C@@H]1CN(c2ncc(Cl)c(Nc3ccc4c(c3)N(C)C(=O)C4)n2)CC[C@H]1Nc1ccc2c(C3CCC(=O)NC3=O)nn(C)c2c1. The summed E-state index contributed by atoms with van der Waals surface area (Å²) < 4.78 is 1.80. The number of piperidine rings is 2. The minimum absolute atomic E-state index is 0.0768. The second kappa shape index (κ2) is 11.3. The van der Waals surface area contributed by atoms with E-state index in [1.165, 1.54) is 0 Å². The minimum atomic E-state index is -0.429. The van der Waals surface area contributed by atoms with Crippen molar-refractivity contribution in [1.29, 1.82) is 0 Å². The number of nitrogens with zero attached hydrogens (tertiary/aromatic N) is 6. The first-order valence-corrected chi connectivity index (χ1v) is 15.5. The van der Waals surface area contributed by atoms with Crippen molar-refractivity contribution >= 4 is 69.1 Å². The predicted octanol–water partition coefficient (Wildman–Crippen LogP) is 4.13. The Morgan fingerprint density at radius 1 is 1.04 bits per heavy atom. The van der Waals surface area contributed by atoms with Crippen molar-refractivity contribution in [2.24, 2.45) is 13.0 Å². The lowest BCUT2D eigenvalue weighted by Gasteiger charge is -2.37. The van der Waals surface area contributed by atoms with E-state index in [0.717, 1.165) is 53.0 Å². The van der Waals surface area contributed by atoms with E-state index >= 15 is 0 Å². The fourth-order valence-corrected chi connectivity index (χ4v) is 6.73. The zero-order chi connectivity index (χ0) is 31.4. The zero-order valence-corrected chi connectivity index (χ0v) is 26.1. The molecule has 3 aliphatic rings. The summed E-state index contributed by atoms with van der Waals surface area (Å²) in [6, 6.07) is 12.2. The van der Waals surface area contributed by atoms with E-state index < -0.39 is 5.92 Å². The van der Waals surface area contributed by atoms with Gasteiger partial charge in [0.2, 0.25) is 23.7 Å². The van der Waals surface area contributed by atoms with E-state index in [0.29, 0.717) is 47.7 Å². The van der Waals surface area contributed by atoms with Crippen LogP contribution in [-0.2, 0) is 27.9 Å². The Hall–Kier alpha value is -4.71. The second-order valence-electron chi connectivity index (χ2n) is 12.2. The summed E-state index contributed by atoms with van der Waals surface area (Å²) in [7, 11) is 3.66. The van der Waals surface area contributed by atoms with Gasteiger partial charge in [0.25, 0.3) is 0 Å². The molecule has 2 fully saturated rings. The molecule has 3 atom stereocenters. The third kappa shape index (κ3) is 5.43. The molecule has 0 aliphatic carbocycles. The van der Waals surface area contributed by atoms with Crippen LogP contribution in [0.1, 0.15) is 43.4 Å². The monoisotopic (exact) mass is 627 g/mol. The molecule has 4 aromatic rings. The molecule has 5 heterocycles. The van der Waals surface area contributed by atoms with Crippen LogP contribution in [0.25, 0.3) is 10.9 Å². The van der Waals surface area contributed by atoms with Gasteiger partial charge in [-0.05, 0) is 54.7 Å². The summed E-state index contributed by atoms with van der Waals surface area (Å²) in [6.45, 7) is 3.74. The topological polar surface area (TPSA) is 137 Å². The summed E-state index contributed by atoms with van der Waals surface area (Å²) in [5, 5.41) is 15.5. The number of halogens is 1. The van der Waals surface area contributed by atoms with Gasteiger partial charge < -0.3 is 20.4 Å². The number of carbonyl (C=O) groups excluding carboxylic acids is 3. The third-order valence-electron chi connectivity index (χ3n) is 9.15. The first-order chi connectivity index (χ1) is 21.6. The van der Waals surface area contributed by atoms with E-state index in [1.807, 2.05) is 37.4 Å². The molecule has 2 aromatic heterocycles. The molecule has 1 unspecified atom stereocenters. The van der Waals surface area contributed by atoms with Crippen LogP contribution in [-0.4, -0.2) is 63.6 Å². The van der Waals surface area contributed by atoms with Gasteiger partial charge in [-0.2, -0.15) is 10.1 Å². The molecule has 2 aromatic carbocycles. The average Bonchev–Trinajstić information content (AvgIpc) is 3.49. The Labute approximate surface area is 265 Å². The van der Waals surface area contributed by atoms with Gasteiger partial charge in [-0.1, -0.05) is 24.6 Å². The van der Waals surface area contributed by atoms with Gasteiger partial charge in [-0.15, -0.1) is 0 Å². The highest BCUT2D eigenvalue weighted by Crippen LogP contribution is 2.35. The summed E-state index contributed by atoms with van der Waals surface area (Å²) in [6.07, 6.45) is 3.70. The maximum Gasteiger partial charge on any atom is 0.235 e. The molecule has 3 aliphatic heterocycles. The normalized spacial score (nSPS) is 21.7. The number of aryl methyl sites for hydroxylation is 1. The molecular weight excluding hydrogens is 594 g/mol. The second-order valence-corrected chi connectivity index (χ2v) is 12.6. The van der Waals surface area contributed by atoms with E-state index in [2.05, 4.69) is 43.9 Å². The van der Waals surface area contributed by atoms with Gasteiger partial charge in [0.05, 0.1) is 29.7 Å². The van der Waals surface area contributed by atoms with Crippen LogP contribution in [0.15, 0.2) is 42.6 Å². The quantitative estimate of drug-likeness (QED) is 0.270. The Bertz CT molecular complexity index is 1860. The Kier molecular flexibility index (Phi) is 7.31. The van der Waals surface area contributed by atoms with Crippen LogP contribution in [0.3, 0.4) is 0 Å². The van der Waals surface area contributed by atoms with Crippen LogP contribution in [0.5, 0.6) is 0 Å². The fourth-order valence-electron chi connectivity index (χ4n) is 6.60. The van der Waals surface area contributed by atoms with Gasteiger partial charge in [-0.3, -0.25) is 24.4 Å². The number of imide groups is 1. The lowest BCUT2D eigenvalue weighted by Crippen LogP contribution is -2.46. The van der Waals surface area contributed by atoms with Gasteiger partial charge in [-0.25, -0.2) is 4.98 Å². The van der Waals surface area contributed by atoms with Gasteiger partial charge >= 0.3 is 0 Å². The number of anilines is 5. The van der Waals surface area contributed by atoms with Crippen molar-refractivity contribution in [3.8, 4) is 0 Å². The van der Waals surface area contributed by atoms with Gasteiger partial charge in [0, 0.05) is 62.1 Å². The number of hydrogen-bond acceptors (Lipinski definition) is 9. The van der Waals surface area contributed by atoms with Crippen molar-refractivity contribution in [2.75, 3.05) is 40.6 Å². The predicted molar refractivity (Wildman–Crippen MR) is 173 cm³/mol. The molecule has 0 spiro atoms. The number of likely N-dealkylation sites (N-methyl/N-ethyl adjacent to an activating group) is 1. The number of rotatable bonds is 6. The molecule has 0 radical (unpaired) electrons. The molecule has 13 heteroatoms. The van der Waals surface area contributed by atoms with E-state index in [1.54, 1.807) is 22.8 Å². The Morgan fingerprint density at radius 3 is 2.67 bits per heavy atom. The highest BCUT2D eigenvalue weighted by Gasteiger charge is 2.32. The highest BCUT2D eigenvalue weighted by atomic mass is 35.5. The van der Waals surface area contributed by atoms with Crippen molar-refractivity contribution in [3.63, 3.8) is 0 Å². The minimum Gasteiger partial charge on any atom is -0.382 e. The van der Waals surface area contributed by atoms with Crippen molar-refractivity contribution in [2.45, 2.75) is 44.6 Å². The smallest absolute Gasteiger partial charge is 0.235 e. The maximum atomic E-state index is 12.5. The van der Waals surface area contributed by atoms with Crippen molar-refractivity contribution < 1.29 is 14.4 Å². The van der Waals surface area contributed by atoms with Gasteiger partial charge in [0.1, 0.15) is 5.02 Å². The van der Waals surface area contributed by atoms with Crippen LogP contribution < -0.4 is 25.8 Å². The molecule has 45 heavy (non-hydrogen) atoms. The summed E-state index contributed by atoms with van der Waals surface area (Å²) in [4.78, 5) is 49.4. The number of nitrogens with one attached hydrogen (secondary N) is 3. The third-order valence-corrected chi connectivity index (χ3v) is 9.42. The van der Waals surface area contributed by atoms with Gasteiger partial charge in [0.15, 0.2) is 5.82 Å². The first kappa shape index (κ1) is 29.0. The lowest BCUT2D eigenvalue weighted by molar-refractivity contribution is -0.134. The van der Waals surface area contributed by atoms with Crippen LogP contribution in [0, 0.1) is 5.92 Å². The average molecular weight is 628 g/mol. The lowest BCUT2D eigenvalue weighted by atomic mass is 9.92. The molecule has 232 valence electrons. The highest BCUT2D eigenvalue weighted by molar-refractivity contribution is 6.33. The van der Waals surface area contributed by atoms with Crippen LogP contribution >= 0.6 is 11.6 Å². The number of aromatic nitrogens is 4. The van der Waals surface area contributed by atoms with Crippen LogP contribution in [0.2, 0.25) is 5.02 Å². The van der Waals surface area contributed by atoms with Crippen molar-refractivity contribution in [1.82, 2.24) is 25.1 Å². The number of hydrogen-bond donors (Lipinski definition) is 3. The molecule has 0 saturated carbocycles. The van der Waals surface area contributed by atoms with E-state index in [-0.39, 0.29) is 23.8 Å². The number of fused-ring (bicyclic) bond motifs is 2. The standard InChI is InChI=1S/C32H34ClN9O3/c1-17-16-42(32-34-15-23(33)30(38-32)36-20-5-4-18-12-28(44)40(2)25(18)13-20)11-10-24(17)35-19-6-7-21-26(14-19)41(3)39-29(21)22-8-9-27(43)37-31(22)45/h4-7,13-15,17,22,24,35H,8-12,16H2,1-3H3,(H,34,36,38)(H,37,43,45)/t17-,22?,24-/m1/s1. The molecular formula is C32H34ClN9O3. The molecule has 7 rings (SSSR count). The van der Waals surface area contributed by atoms with E-state index in [9.17, 15) is 14.4 Å². The molecule has 0 bridgehead atoms. The Balaban J connectivity index is 1.03. The fraction of sp³-hybridized carbons (Fsp3) is 0.375. The summed E-state index contributed by atoms with van der Waals surface area (Å²) in [5.41, 5.74) is 5.32. The Morgan fingerprint density at radius 2 is 1.87 bits per heavy atom. The largest absolute Gasteiger partial charge is 0.382 e. The number of amides is 3. The molecule has 12 nitrogen and oxygen atoms in total. The molecule has 2 saturated heterocycles. The van der Waals surface area contributed by atoms with Crippen molar-refractivity contribution in [3.05, 3.63) is 58.9 Å². The summed E-state index contributed by atoms with van der Waals surface area (Å²) >= 11 is 6.49.